The SMILES string of the molecule is C#Cc1ccc2c(c1)c1cc(C#Cc3ccc4c(c3)c3ccccc3n4-c3c(F)c(F)cc(F)c3F)ccc1n2CCCCCCC. The van der Waals surface area contributed by atoms with E-state index in [0.717, 1.165) is 45.9 Å². The molecule has 6 heteroatoms. The molecule has 5 aromatic carbocycles. The lowest BCUT2D eigenvalue weighted by Gasteiger charge is -2.11. The number of halogens is 4. The molecule has 0 bridgehead atoms. The molecule has 7 rings (SSSR count). The zero-order chi connectivity index (χ0) is 32.7. The zero-order valence-electron chi connectivity index (χ0n) is 25.8. The van der Waals surface area contributed by atoms with Crippen molar-refractivity contribution in [1.29, 1.82) is 0 Å². The van der Waals surface area contributed by atoms with Gasteiger partial charge in [0.15, 0.2) is 23.3 Å². The van der Waals surface area contributed by atoms with Crippen LogP contribution < -0.4 is 0 Å². The third kappa shape index (κ3) is 5.30. The van der Waals surface area contributed by atoms with E-state index in [2.05, 4.69) is 53.5 Å². The van der Waals surface area contributed by atoms with Crippen molar-refractivity contribution in [2.24, 2.45) is 0 Å². The molecule has 0 unspecified atom stereocenters. The highest BCUT2D eigenvalue weighted by Gasteiger charge is 2.24. The van der Waals surface area contributed by atoms with Crippen molar-refractivity contribution in [3.05, 3.63) is 125 Å². The molecule has 0 atom stereocenters. The molecule has 0 aliphatic rings. The highest BCUT2D eigenvalue weighted by molar-refractivity contribution is 6.10. The Labute approximate surface area is 270 Å². The van der Waals surface area contributed by atoms with E-state index in [1.165, 1.54) is 30.3 Å². The van der Waals surface area contributed by atoms with Gasteiger partial charge in [-0.1, -0.05) is 68.6 Å². The molecule has 7 aromatic rings. The lowest BCUT2D eigenvalue weighted by atomic mass is 10.1. The molecule has 47 heavy (non-hydrogen) atoms. The molecular weight excluding hydrogens is 596 g/mol. The van der Waals surface area contributed by atoms with E-state index in [-0.39, 0.29) is 6.07 Å². The van der Waals surface area contributed by atoms with Crippen molar-refractivity contribution in [2.45, 2.75) is 45.6 Å². The number of aromatic nitrogens is 2. The quantitative estimate of drug-likeness (QED) is 0.0721. The van der Waals surface area contributed by atoms with Crippen molar-refractivity contribution < 1.29 is 17.6 Å². The smallest absolute Gasteiger partial charge is 0.186 e. The highest BCUT2D eigenvalue weighted by atomic mass is 19.2. The average molecular weight is 627 g/mol. The van der Waals surface area contributed by atoms with Crippen LogP contribution in [0.5, 0.6) is 0 Å². The van der Waals surface area contributed by atoms with E-state index < -0.39 is 29.0 Å². The molecule has 0 aliphatic carbocycles. The maximum absolute atomic E-state index is 15.0. The monoisotopic (exact) mass is 626 g/mol. The van der Waals surface area contributed by atoms with Crippen molar-refractivity contribution in [1.82, 2.24) is 9.13 Å². The number of fused-ring (bicyclic) bond motifs is 6. The van der Waals surface area contributed by atoms with Crippen molar-refractivity contribution in [3.8, 4) is 29.9 Å². The van der Waals surface area contributed by atoms with Gasteiger partial charge in [-0.05, 0) is 67.1 Å². The normalized spacial score (nSPS) is 11.4. The second-order valence-electron chi connectivity index (χ2n) is 11.8. The Morgan fingerprint density at radius 3 is 1.74 bits per heavy atom. The Bertz CT molecular complexity index is 2420. The van der Waals surface area contributed by atoms with Crippen molar-refractivity contribution in [2.75, 3.05) is 0 Å². The Hall–Kier alpha value is -5.46. The summed E-state index contributed by atoms with van der Waals surface area (Å²) in [6.07, 6.45) is 11.7. The minimum Gasteiger partial charge on any atom is -0.340 e. The molecule has 2 aromatic heterocycles. The van der Waals surface area contributed by atoms with Crippen molar-refractivity contribution in [3.63, 3.8) is 0 Å². The topological polar surface area (TPSA) is 9.86 Å². The predicted octanol–water partition coefficient (Wildman–Crippen LogP) is 10.8. The van der Waals surface area contributed by atoms with Crippen LogP contribution in [0.2, 0.25) is 0 Å². The lowest BCUT2D eigenvalue weighted by Crippen LogP contribution is -2.06. The zero-order valence-corrected chi connectivity index (χ0v) is 25.8. The molecule has 2 nitrogen and oxygen atoms in total. The Morgan fingerprint density at radius 1 is 0.574 bits per heavy atom. The first kappa shape index (κ1) is 30.2. The molecule has 0 saturated carbocycles. The Kier molecular flexibility index (Phi) is 7.96. The minimum atomic E-state index is -1.46. The molecule has 0 fully saturated rings. The second kappa shape index (κ2) is 12.4. The summed E-state index contributed by atoms with van der Waals surface area (Å²) in [4.78, 5) is 0. The van der Waals surface area contributed by atoms with Crippen LogP contribution in [0.3, 0.4) is 0 Å². The third-order valence-corrected chi connectivity index (χ3v) is 8.85. The summed E-state index contributed by atoms with van der Waals surface area (Å²) < 4.78 is 62.0. The molecule has 0 amide bonds. The average Bonchev–Trinajstić information content (AvgIpc) is 3.58. The van der Waals surface area contributed by atoms with Gasteiger partial charge in [-0.3, -0.25) is 0 Å². The predicted molar refractivity (Wildman–Crippen MR) is 183 cm³/mol. The van der Waals surface area contributed by atoms with Crippen LogP contribution in [0.25, 0.3) is 49.3 Å². The number of terminal acetylenes is 1. The van der Waals surface area contributed by atoms with Gasteiger partial charge >= 0.3 is 0 Å². The Balaban J connectivity index is 1.30. The fourth-order valence-electron chi connectivity index (χ4n) is 6.58. The summed E-state index contributed by atoms with van der Waals surface area (Å²) in [7, 11) is 0. The van der Waals surface area contributed by atoms with Gasteiger partial charge in [0.2, 0.25) is 0 Å². The number of rotatable bonds is 7. The summed E-state index contributed by atoms with van der Waals surface area (Å²) in [5, 5.41) is 3.50. The van der Waals surface area contributed by atoms with Crippen LogP contribution in [-0.4, -0.2) is 9.13 Å². The third-order valence-electron chi connectivity index (χ3n) is 8.85. The van der Waals surface area contributed by atoms with Crippen LogP contribution >= 0.6 is 0 Å². The largest absolute Gasteiger partial charge is 0.340 e. The first-order chi connectivity index (χ1) is 22.9. The van der Waals surface area contributed by atoms with Gasteiger partial charge in [0.25, 0.3) is 0 Å². The van der Waals surface area contributed by atoms with E-state index in [1.54, 1.807) is 36.4 Å². The minimum absolute atomic E-state index is 0.216. The molecule has 2 heterocycles. The van der Waals surface area contributed by atoms with E-state index in [1.807, 2.05) is 18.2 Å². The molecule has 0 spiro atoms. The number of para-hydroxylation sites is 1. The number of nitrogens with zero attached hydrogens (tertiary/aromatic N) is 2. The summed E-state index contributed by atoms with van der Waals surface area (Å²) in [5.41, 5.74) is 4.62. The summed E-state index contributed by atoms with van der Waals surface area (Å²) in [6, 6.07) is 24.8. The van der Waals surface area contributed by atoms with Crippen LogP contribution in [0, 0.1) is 47.5 Å². The number of benzene rings is 5. The van der Waals surface area contributed by atoms with Gasteiger partial charge in [0.1, 0.15) is 5.69 Å². The van der Waals surface area contributed by atoms with E-state index in [4.69, 9.17) is 6.42 Å². The molecular formula is C41H30F4N2. The fraction of sp³-hybridized carbons (Fsp3) is 0.171. The second-order valence-corrected chi connectivity index (χ2v) is 11.8. The van der Waals surface area contributed by atoms with Gasteiger partial charge in [-0.15, -0.1) is 6.42 Å². The number of unbranched alkanes of at least 4 members (excludes halogenated alkanes) is 4. The summed E-state index contributed by atoms with van der Waals surface area (Å²) in [6.45, 7) is 3.14. The Morgan fingerprint density at radius 2 is 1.11 bits per heavy atom. The maximum Gasteiger partial charge on any atom is 0.186 e. The number of hydrogen-bond acceptors (Lipinski definition) is 0. The standard InChI is InChI=1S/C41H30F4N2/c1-3-5-6-7-10-21-46-35-18-15-26(4-2)22-31(35)32-24-27(16-19-36(32)46)13-14-28-17-20-38-30(23-28)29-11-8-9-12-37(29)47(38)41-39(44)33(42)25-34(43)40(41)45/h2,8-9,11-12,15-20,22-25H,3,5-7,10,21H2,1H3. The van der Waals surface area contributed by atoms with E-state index >= 15 is 0 Å². The first-order valence-electron chi connectivity index (χ1n) is 15.8. The highest BCUT2D eigenvalue weighted by Crippen LogP contribution is 2.36. The van der Waals surface area contributed by atoms with Gasteiger partial charge in [0.05, 0.1) is 11.0 Å². The summed E-state index contributed by atoms with van der Waals surface area (Å²) >= 11 is 0. The van der Waals surface area contributed by atoms with Crippen LogP contribution in [-0.2, 0) is 6.54 Å². The van der Waals surface area contributed by atoms with Crippen molar-refractivity contribution >= 4 is 43.6 Å². The van der Waals surface area contributed by atoms with Crippen LogP contribution in [0.1, 0.15) is 55.7 Å². The summed E-state index contributed by atoms with van der Waals surface area (Å²) in [5.74, 6) is 3.43. The first-order valence-corrected chi connectivity index (χ1v) is 15.8. The molecule has 0 radical (unpaired) electrons. The van der Waals surface area contributed by atoms with Gasteiger partial charge in [-0.25, -0.2) is 17.6 Å². The molecule has 232 valence electrons. The molecule has 0 saturated heterocycles. The maximum atomic E-state index is 15.0. The van der Waals surface area contributed by atoms with Crippen LogP contribution in [0.15, 0.2) is 84.9 Å². The van der Waals surface area contributed by atoms with E-state index in [9.17, 15) is 17.6 Å². The fourth-order valence-corrected chi connectivity index (χ4v) is 6.58. The molecule has 0 N–H and O–H groups in total. The van der Waals surface area contributed by atoms with Gasteiger partial charge in [0, 0.05) is 61.9 Å². The van der Waals surface area contributed by atoms with Gasteiger partial charge < -0.3 is 9.13 Å². The van der Waals surface area contributed by atoms with Gasteiger partial charge in [-0.2, -0.15) is 0 Å². The molecule has 0 aliphatic heterocycles. The number of hydrogen-bond donors (Lipinski definition) is 0. The van der Waals surface area contributed by atoms with E-state index in [0.29, 0.717) is 27.4 Å². The van der Waals surface area contributed by atoms with Crippen LogP contribution in [0.4, 0.5) is 17.6 Å². The lowest BCUT2D eigenvalue weighted by molar-refractivity contribution is 0.449. The number of aryl methyl sites for hydroxylation is 1.